The number of halogens is 1. The molecular formula is C20H25ClN2O2. The van der Waals surface area contributed by atoms with Crippen LogP contribution in [0.3, 0.4) is 0 Å². The first kappa shape index (κ1) is 19.3. The molecule has 0 saturated carbocycles. The van der Waals surface area contributed by atoms with E-state index >= 15 is 0 Å². The fourth-order valence-corrected chi connectivity index (χ4v) is 2.91. The van der Waals surface area contributed by atoms with Crippen molar-refractivity contribution in [1.29, 1.82) is 0 Å². The van der Waals surface area contributed by atoms with E-state index in [4.69, 9.17) is 4.74 Å². The number of carbonyl (C=O) groups excluding carboxylic acids is 1. The lowest BCUT2D eigenvalue weighted by atomic mass is 10.1. The van der Waals surface area contributed by atoms with Crippen molar-refractivity contribution < 1.29 is 9.53 Å². The van der Waals surface area contributed by atoms with Crippen LogP contribution < -0.4 is 10.1 Å². The zero-order valence-corrected chi connectivity index (χ0v) is 15.5. The largest absolute Gasteiger partial charge is 0.489 e. The Hall–Kier alpha value is -2.04. The zero-order chi connectivity index (χ0) is 16.9. The highest BCUT2D eigenvalue weighted by Gasteiger charge is 2.27. The number of amides is 1. The summed E-state index contributed by atoms with van der Waals surface area (Å²) < 4.78 is 5.78. The van der Waals surface area contributed by atoms with E-state index in [1.54, 1.807) is 0 Å². The van der Waals surface area contributed by atoms with Crippen LogP contribution in [0.4, 0.5) is 0 Å². The van der Waals surface area contributed by atoms with Crippen molar-refractivity contribution in [3.63, 3.8) is 0 Å². The molecular weight excluding hydrogens is 336 g/mol. The summed E-state index contributed by atoms with van der Waals surface area (Å²) in [6.07, 6.45) is 0. The topological polar surface area (TPSA) is 41.6 Å². The number of ether oxygens (including phenoxy) is 1. The van der Waals surface area contributed by atoms with Crippen LogP contribution in [0.15, 0.2) is 54.6 Å². The molecule has 2 aromatic carbocycles. The maximum Gasteiger partial charge on any atom is 0.254 e. The number of nitrogens with zero attached hydrogens (tertiary/aromatic N) is 1. The van der Waals surface area contributed by atoms with Crippen LogP contribution in [0.2, 0.25) is 0 Å². The van der Waals surface area contributed by atoms with Crippen LogP contribution in [0.5, 0.6) is 5.75 Å². The van der Waals surface area contributed by atoms with Crippen LogP contribution in [0.25, 0.3) is 0 Å². The Labute approximate surface area is 155 Å². The van der Waals surface area contributed by atoms with Crippen molar-refractivity contribution in [2.45, 2.75) is 32.5 Å². The molecule has 1 aliphatic rings. The summed E-state index contributed by atoms with van der Waals surface area (Å²) in [6, 6.07) is 18.0. The lowest BCUT2D eigenvalue weighted by molar-refractivity contribution is 0.0616. The van der Waals surface area contributed by atoms with Gasteiger partial charge in [0.2, 0.25) is 0 Å². The maximum absolute atomic E-state index is 12.7. The Kier molecular flexibility index (Phi) is 6.85. The van der Waals surface area contributed by atoms with E-state index in [9.17, 15) is 4.79 Å². The SMILES string of the molecule is CC1CN(C(=O)c2ccc(OCc3ccccc3)cc2)C(C)CN1.Cl. The summed E-state index contributed by atoms with van der Waals surface area (Å²) in [7, 11) is 0. The summed E-state index contributed by atoms with van der Waals surface area (Å²) in [4.78, 5) is 14.6. The number of hydrogen-bond acceptors (Lipinski definition) is 3. The van der Waals surface area contributed by atoms with Gasteiger partial charge in [-0.25, -0.2) is 0 Å². The van der Waals surface area contributed by atoms with Gasteiger partial charge < -0.3 is 15.0 Å². The number of nitrogens with one attached hydrogen (secondary N) is 1. The number of carbonyl (C=O) groups is 1. The summed E-state index contributed by atoms with van der Waals surface area (Å²) in [5.74, 6) is 0.864. The van der Waals surface area contributed by atoms with Gasteiger partial charge in [0.25, 0.3) is 5.91 Å². The molecule has 134 valence electrons. The lowest BCUT2D eigenvalue weighted by Crippen LogP contribution is -2.56. The highest BCUT2D eigenvalue weighted by atomic mass is 35.5. The third kappa shape index (κ3) is 4.97. The van der Waals surface area contributed by atoms with Crippen LogP contribution in [0, 0.1) is 0 Å². The number of hydrogen-bond donors (Lipinski definition) is 1. The van der Waals surface area contributed by atoms with E-state index in [0.29, 0.717) is 18.2 Å². The van der Waals surface area contributed by atoms with Gasteiger partial charge in [-0.2, -0.15) is 0 Å². The van der Waals surface area contributed by atoms with E-state index < -0.39 is 0 Å². The molecule has 2 atom stereocenters. The molecule has 1 heterocycles. The van der Waals surface area contributed by atoms with E-state index in [1.807, 2.05) is 59.5 Å². The molecule has 1 fully saturated rings. The Morgan fingerprint density at radius 3 is 2.48 bits per heavy atom. The normalized spacial score (nSPS) is 19.8. The summed E-state index contributed by atoms with van der Waals surface area (Å²) in [5, 5.41) is 3.40. The third-order valence-electron chi connectivity index (χ3n) is 4.37. The van der Waals surface area contributed by atoms with E-state index in [0.717, 1.165) is 24.4 Å². The third-order valence-corrected chi connectivity index (χ3v) is 4.37. The van der Waals surface area contributed by atoms with Gasteiger partial charge >= 0.3 is 0 Å². The quantitative estimate of drug-likeness (QED) is 0.907. The molecule has 1 saturated heterocycles. The number of piperazine rings is 1. The zero-order valence-electron chi connectivity index (χ0n) is 14.6. The number of benzene rings is 2. The van der Waals surface area contributed by atoms with Gasteiger partial charge in [0, 0.05) is 30.7 Å². The molecule has 0 aliphatic carbocycles. The highest BCUT2D eigenvalue weighted by molar-refractivity contribution is 5.94. The molecule has 1 amide bonds. The van der Waals surface area contributed by atoms with Crippen LogP contribution in [-0.4, -0.2) is 36.0 Å². The van der Waals surface area contributed by atoms with Gasteiger partial charge in [0.1, 0.15) is 12.4 Å². The van der Waals surface area contributed by atoms with Crippen molar-refractivity contribution >= 4 is 18.3 Å². The van der Waals surface area contributed by atoms with Gasteiger partial charge in [-0.15, -0.1) is 12.4 Å². The van der Waals surface area contributed by atoms with Crippen molar-refractivity contribution in [3.8, 4) is 5.75 Å². The molecule has 1 N–H and O–H groups in total. The van der Waals surface area contributed by atoms with Crippen molar-refractivity contribution in [2.24, 2.45) is 0 Å². The van der Waals surface area contributed by atoms with Crippen molar-refractivity contribution in [1.82, 2.24) is 10.2 Å². The minimum Gasteiger partial charge on any atom is -0.489 e. The number of rotatable bonds is 4. The first-order valence-electron chi connectivity index (χ1n) is 8.44. The molecule has 5 heteroatoms. The average Bonchev–Trinajstić information content (AvgIpc) is 2.63. The van der Waals surface area contributed by atoms with Gasteiger partial charge in [-0.1, -0.05) is 30.3 Å². The van der Waals surface area contributed by atoms with E-state index in [2.05, 4.69) is 19.2 Å². The highest BCUT2D eigenvalue weighted by Crippen LogP contribution is 2.17. The first-order valence-corrected chi connectivity index (χ1v) is 8.44. The minimum atomic E-state index is 0. The molecule has 1 aliphatic heterocycles. The predicted molar refractivity (Wildman–Crippen MR) is 102 cm³/mol. The molecule has 0 spiro atoms. The summed E-state index contributed by atoms with van der Waals surface area (Å²) >= 11 is 0. The second kappa shape index (κ2) is 8.88. The Balaban J connectivity index is 0.00000225. The lowest BCUT2D eigenvalue weighted by Gasteiger charge is -2.37. The smallest absolute Gasteiger partial charge is 0.254 e. The van der Waals surface area contributed by atoms with Gasteiger partial charge in [0.05, 0.1) is 0 Å². The fraction of sp³-hybridized carbons (Fsp3) is 0.350. The van der Waals surface area contributed by atoms with Gasteiger partial charge in [-0.3, -0.25) is 4.79 Å². The first-order chi connectivity index (χ1) is 11.6. The molecule has 0 bridgehead atoms. The van der Waals surface area contributed by atoms with Crippen LogP contribution in [0.1, 0.15) is 29.8 Å². The van der Waals surface area contributed by atoms with Crippen LogP contribution in [-0.2, 0) is 6.61 Å². The molecule has 4 nitrogen and oxygen atoms in total. The molecule has 3 rings (SSSR count). The van der Waals surface area contributed by atoms with Crippen molar-refractivity contribution in [3.05, 3.63) is 65.7 Å². The summed E-state index contributed by atoms with van der Waals surface area (Å²) in [5.41, 5.74) is 1.84. The Morgan fingerprint density at radius 2 is 1.80 bits per heavy atom. The Morgan fingerprint density at radius 1 is 1.12 bits per heavy atom. The monoisotopic (exact) mass is 360 g/mol. The Bertz CT molecular complexity index is 676. The van der Waals surface area contributed by atoms with Crippen molar-refractivity contribution in [2.75, 3.05) is 13.1 Å². The predicted octanol–water partition coefficient (Wildman–Crippen LogP) is 3.51. The second-order valence-corrected chi connectivity index (χ2v) is 6.41. The molecule has 0 aromatic heterocycles. The molecule has 25 heavy (non-hydrogen) atoms. The second-order valence-electron chi connectivity index (χ2n) is 6.41. The summed E-state index contributed by atoms with van der Waals surface area (Å²) in [6.45, 7) is 6.29. The van der Waals surface area contributed by atoms with Crippen LogP contribution >= 0.6 is 12.4 Å². The van der Waals surface area contributed by atoms with Gasteiger partial charge in [0.15, 0.2) is 0 Å². The molecule has 0 radical (unpaired) electrons. The van der Waals surface area contributed by atoms with E-state index in [1.165, 1.54) is 0 Å². The minimum absolute atomic E-state index is 0. The van der Waals surface area contributed by atoms with E-state index in [-0.39, 0.29) is 24.4 Å². The standard InChI is InChI=1S/C20H24N2O2.ClH/c1-15-13-22(16(2)12-21-15)20(23)18-8-10-19(11-9-18)24-14-17-6-4-3-5-7-17;/h3-11,15-16,21H,12-14H2,1-2H3;1H. The average molecular weight is 361 g/mol. The van der Waals surface area contributed by atoms with Gasteiger partial charge in [-0.05, 0) is 43.7 Å². The molecule has 2 unspecified atom stereocenters. The molecule has 2 aromatic rings. The maximum atomic E-state index is 12.7. The fourth-order valence-electron chi connectivity index (χ4n) is 2.91.